The van der Waals surface area contributed by atoms with Gasteiger partial charge in [0.25, 0.3) is 0 Å². The molecule has 1 aromatic heterocycles. The molecule has 4 rings (SSSR count). The van der Waals surface area contributed by atoms with E-state index in [1.54, 1.807) is 6.20 Å². The Morgan fingerprint density at radius 2 is 1.93 bits per heavy atom. The molecule has 3 heterocycles. The lowest BCUT2D eigenvalue weighted by Gasteiger charge is -2.34. The SMILES string of the molecule is Cc1cnc(C[S@@](=O)C2=Nc3ccccc3C2)c(C)c1OCC1COC(C)(C)OC1. The summed E-state index contributed by atoms with van der Waals surface area (Å²) in [4.78, 5) is 9.09. The van der Waals surface area contributed by atoms with Crippen LogP contribution in [-0.2, 0) is 32.4 Å². The standard InChI is InChI=1S/C23H28N2O4S/c1-15-10-24-20(14-30(26)21-9-18-7-5-6-8-19(18)25-21)16(2)22(15)27-11-17-12-28-23(3,4)29-13-17/h5-8,10,17H,9,11-14H2,1-4H3/t30-/m1/s1. The maximum atomic E-state index is 13.0. The van der Waals surface area contributed by atoms with Crippen molar-refractivity contribution < 1.29 is 18.4 Å². The minimum absolute atomic E-state index is 0.175. The molecule has 0 unspecified atom stereocenters. The summed E-state index contributed by atoms with van der Waals surface area (Å²) in [5.74, 6) is 0.783. The molecule has 0 aliphatic carbocycles. The first kappa shape index (κ1) is 21.2. The molecule has 0 spiro atoms. The van der Waals surface area contributed by atoms with Gasteiger partial charge in [-0.2, -0.15) is 0 Å². The number of nitrogens with zero attached hydrogens (tertiary/aromatic N) is 2. The molecule has 2 aromatic rings. The Labute approximate surface area is 180 Å². The number of hydrogen-bond donors (Lipinski definition) is 0. The second kappa shape index (κ2) is 8.57. The molecule has 0 bridgehead atoms. The van der Waals surface area contributed by atoms with Crippen molar-refractivity contribution in [1.82, 2.24) is 4.98 Å². The van der Waals surface area contributed by atoms with Gasteiger partial charge in [0.2, 0.25) is 0 Å². The fourth-order valence-electron chi connectivity index (χ4n) is 3.59. The molecule has 6 nitrogen and oxygen atoms in total. The molecule has 160 valence electrons. The van der Waals surface area contributed by atoms with Crippen LogP contribution >= 0.6 is 0 Å². The van der Waals surface area contributed by atoms with Gasteiger partial charge in [0.1, 0.15) is 10.8 Å². The van der Waals surface area contributed by atoms with Crippen LogP contribution < -0.4 is 4.74 Å². The Balaban J connectivity index is 1.42. The lowest BCUT2D eigenvalue weighted by molar-refractivity contribution is -0.264. The van der Waals surface area contributed by atoms with Gasteiger partial charge < -0.3 is 14.2 Å². The normalized spacial score (nSPS) is 19.3. The Morgan fingerprint density at radius 3 is 2.67 bits per heavy atom. The fourth-order valence-corrected chi connectivity index (χ4v) is 4.82. The summed E-state index contributed by atoms with van der Waals surface area (Å²) >= 11 is 0. The van der Waals surface area contributed by atoms with Gasteiger partial charge in [-0.05, 0) is 39.3 Å². The molecule has 30 heavy (non-hydrogen) atoms. The molecule has 1 aromatic carbocycles. The molecule has 1 fully saturated rings. The predicted octanol–water partition coefficient (Wildman–Crippen LogP) is 4.01. The first-order valence-electron chi connectivity index (χ1n) is 10.2. The van der Waals surface area contributed by atoms with Crippen LogP contribution in [-0.4, -0.2) is 39.8 Å². The maximum absolute atomic E-state index is 13.0. The average molecular weight is 429 g/mol. The van der Waals surface area contributed by atoms with Crippen LogP contribution in [0.1, 0.15) is 36.2 Å². The number of para-hydroxylation sites is 1. The van der Waals surface area contributed by atoms with Crippen LogP contribution in [0.25, 0.3) is 0 Å². The molecule has 7 heteroatoms. The van der Waals surface area contributed by atoms with Crippen molar-refractivity contribution >= 4 is 21.5 Å². The third-order valence-electron chi connectivity index (χ3n) is 5.45. The van der Waals surface area contributed by atoms with E-state index in [2.05, 4.69) is 9.98 Å². The van der Waals surface area contributed by atoms with Crippen LogP contribution in [0, 0.1) is 19.8 Å². The number of rotatable bonds is 5. The first-order valence-corrected chi connectivity index (χ1v) is 11.5. The number of aliphatic imine (C=N–C) groups is 1. The zero-order valence-electron chi connectivity index (χ0n) is 17.9. The Kier molecular flexibility index (Phi) is 6.04. The summed E-state index contributed by atoms with van der Waals surface area (Å²) in [5, 5.41) is 0.708. The van der Waals surface area contributed by atoms with E-state index >= 15 is 0 Å². The fraction of sp³-hybridized carbons (Fsp3) is 0.478. The topological polar surface area (TPSA) is 70.0 Å². The van der Waals surface area contributed by atoms with Gasteiger partial charge in [0, 0.05) is 29.7 Å². The number of pyridine rings is 1. The average Bonchev–Trinajstić information content (AvgIpc) is 3.15. The van der Waals surface area contributed by atoms with Gasteiger partial charge in [-0.25, -0.2) is 4.99 Å². The van der Waals surface area contributed by atoms with E-state index in [1.807, 2.05) is 52.0 Å². The third kappa shape index (κ3) is 4.63. The highest BCUT2D eigenvalue weighted by Crippen LogP contribution is 2.30. The summed E-state index contributed by atoms with van der Waals surface area (Å²) in [6.45, 7) is 9.50. The number of ether oxygens (including phenoxy) is 3. The summed E-state index contributed by atoms with van der Waals surface area (Å²) < 4.78 is 30.5. The number of benzene rings is 1. The zero-order valence-corrected chi connectivity index (χ0v) is 18.8. The molecule has 0 amide bonds. The van der Waals surface area contributed by atoms with Crippen molar-refractivity contribution in [1.29, 1.82) is 0 Å². The van der Waals surface area contributed by atoms with Crippen molar-refractivity contribution in [3.8, 4) is 5.75 Å². The Morgan fingerprint density at radius 1 is 1.20 bits per heavy atom. The van der Waals surface area contributed by atoms with E-state index in [1.165, 1.54) is 0 Å². The van der Waals surface area contributed by atoms with Crippen LogP contribution in [0.2, 0.25) is 0 Å². The molecule has 0 saturated carbocycles. The first-order chi connectivity index (χ1) is 14.3. The van der Waals surface area contributed by atoms with Crippen molar-refractivity contribution in [2.75, 3.05) is 19.8 Å². The number of fused-ring (bicyclic) bond motifs is 1. The van der Waals surface area contributed by atoms with Crippen LogP contribution in [0.15, 0.2) is 35.5 Å². The van der Waals surface area contributed by atoms with E-state index in [0.717, 1.165) is 33.8 Å². The van der Waals surface area contributed by atoms with Crippen molar-refractivity contribution in [2.45, 2.75) is 45.7 Å². The second-order valence-electron chi connectivity index (χ2n) is 8.34. The molecule has 0 N–H and O–H groups in total. The van der Waals surface area contributed by atoms with Crippen LogP contribution in [0.5, 0.6) is 5.75 Å². The molecule has 1 saturated heterocycles. The van der Waals surface area contributed by atoms with E-state index in [0.29, 0.717) is 37.0 Å². The van der Waals surface area contributed by atoms with E-state index < -0.39 is 16.6 Å². The molecule has 2 aliphatic rings. The van der Waals surface area contributed by atoms with E-state index in [-0.39, 0.29) is 5.92 Å². The molecular formula is C23H28N2O4S. The highest BCUT2D eigenvalue weighted by atomic mass is 32.2. The molecule has 1 atom stereocenters. The van der Waals surface area contributed by atoms with Gasteiger partial charge in [-0.1, -0.05) is 18.2 Å². The second-order valence-corrected chi connectivity index (χ2v) is 9.79. The van der Waals surface area contributed by atoms with Gasteiger partial charge in [0.05, 0.1) is 47.8 Å². The summed E-state index contributed by atoms with van der Waals surface area (Å²) in [6, 6.07) is 7.93. The van der Waals surface area contributed by atoms with Crippen molar-refractivity contribution in [2.24, 2.45) is 10.9 Å². The Bertz CT molecular complexity index is 993. The summed E-state index contributed by atoms with van der Waals surface area (Å²) in [5.41, 5.74) is 4.71. The van der Waals surface area contributed by atoms with E-state index in [4.69, 9.17) is 14.2 Å². The Hall–Kier alpha value is -2.09. The minimum Gasteiger partial charge on any atom is -0.492 e. The maximum Gasteiger partial charge on any atom is 0.162 e. The smallest absolute Gasteiger partial charge is 0.162 e. The van der Waals surface area contributed by atoms with Crippen LogP contribution in [0.3, 0.4) is 0 Å². The van der Waals surface area contributed by atoms with Crippen molar-refractivity contribution in [3.05, 3.63) is 52.8 Å². The number of aryl methyl sites for hydroxylation is 1. The lowest BCUT2D eigenvalue weighted by Crippen LogP contribution is -2.41. The largest absolute Gasteiger partial charge is 0.492 e. The highest BCUT2D eigenvalue weighted by Gasteiger charge is 2.29. The summed E-state index contributed by atoms with van der Waals surface area (Å²) in [7, 11) is -1.22. The lowest BCUT2D eigenvalue weighted by atomic mass is 10.1. The summed E-state index contributed by atoms with van der Waals surface area (Å²) in [6.07, 6.45) is 2.42. The highest BCUT2D eigenvalue weighted by molar-refractivity contribution is 8.00. The predicted molar refractivity (Wildman–Crippen MR) is 118 cm³/mol. The van der Waals surface area contributed by atoms with Gasteiger partial charge in [-0.15, -0.1) is 0 Å². The quantitative estimate of drug-likeness (QED) is 0.720. The molecule has 2 aliphatic heterocycles. The van der Waals surface area contributed by atoms with Crippen LogP contribution in [0.4, 0.5) is 5.69 Å². The van der Waals surface area contributed by atoms with Gasteiger partial charge >= 0.3 is 0 Å². The van der Waals surface area contributed by atoms with Gasteiger partial charge in [0.15, 0.2) is 5.79 Å². The number of hydrogen-bond acceptors (Lipinski definition) is 6. The van der Waals surface area contributed by atoms with Crippen molar-refractivity contribution in [3.63, 3.8) is 0 Å². The third-order valence-corrected chi connectivity index (χ3v) is 6.75. The zero-order chi connectivity index (χ0) is 21.3. The minimum atomic E-state index is -1.22. The molecular weight excluding hydrogens is 400 g/mol. The van der Waals surface area contributed by atoms with E-state index in [9.17, 15) is 4.21 Å². The van der Waals surface area contributed by atoms with Gasteiger partial charge in [-0.3, -0.25) is 9.19 Å². The number of aromatic nitrogens is 1. The monoisotopic (exact) mass is 428 g/mol. The molecule has 0 radical (unpaired) electrons.